The summed E-state index contributed by atoms with van der Waals surface area (Å²) in [6, 6.07) is 5.93. The lowest BCUT2D eigenvalue weighted by atomic mass is 10.1. The number of ether oxygens (including phenoxy) is 1. The maximum atomic E-state index is 5.83. The SMILES string of the molecule is Cc1noc(COc2ccc([C@@H](C)N)cc2C)n1. The number of nitrogens with zero attached hydrogens (tertiary/aromatic N) is 2. The van der Waals surface area contributed by atoms with E-state index in [1.807, 2.05) is 32.0 Å². The first kappa shape index (κ1) is 12.6. The molecule has 0 bridgehead atoms. The molecule has 5 heteroatoms. The van der Waals surface area contributed by atoms with Crippen molar-refractivity contribution in [3.63, 3.8) is 0 Å². The summed E-state index contributed by atoms with van der Waals surface area (Å²) in [5.74, 6) is 1.89. The molecule has 0 saturated heterocycles. The van der Waals surface area contributed by atoms with E-state index < -0.39 is 0 Å². The molecule has 1 aromatic carbocycles. The third kappa shape index (κ3) is 2.87. The van der Waals surface area contributed by atoms with E-state index in [4.69, 9.17) is 15.0 Å². The fraction of sp³-hybridized carbons (Fsp3) is 0.385. The Morgan fingerprint density at radius 3 is 2.72 bits per heavy atom. The maximum Gasteiger partial charge on any atom is 0.264 e. The van der Waals surface area contributed by atoms with Gasteiger partial charge in [-0.3, -0.25) is 0 Å². The maximum absolute atomic E-state index is 5.83. The molecule has 0 aliphatic rings. The molecule has 96 valence electrons. The normalized spacial score (nSPS) is 12.4. The minimum atomic E-state index is 0.0244. The van der Waals surface area contributed by atoms with Gasteiger partial charge in [0.2, 0.25) is 0 Å². The van der Waals surface area contributed by atoms with Crippen LogP contribution in [0.2, 0.25) is 0 Å². The molecular formula is C13H17N3O2. The minimum absolute atomic E-state index is 0.0244. The van der Waals surface area contributed by atoms with Crippen molar-refractivity contribution in [1.82, 2.24) is 10.1 Å². The Hall–Kier alpha value is -1.88. The summed E-state index contributed by atoms with van der Waals surface area (Å²) in [5.41, 5.74) is 7.96. The van der Waals surface area contributed by atoms with Crippen LogP contribution in [-0.4, -0.2) is 10.1 Å². The summed E-state index contributed by atoms with van der Waals surface area (Å²) in [4.78, 5) is 4.08. The molecule has 2 aromatic rings. The molecule has 0 amide bonds. The molecule has 5 nitrogen and oxygen atoms in total. The quantitative estimate of drug-likeness (QED) is 0.897. The third-order valence-electron chi connectivity index (χ3n) is 2.65. The number of benzene rings is 1. The molecule has 0 radical (unpaired) electrons. The van der Waals surface area contributed by atoms with Crippen molar-refractivity contribution >= 4 is 0 Å². The number of nitrogens with two attached hydrogens (primary N) is 1. The first-order valence-corrected chi connectivity index (χ1v) is 5.84. The van der Waals surface area contributed by atoms with E-state index >= 15 is 0 Å². The predicted molar refractivity (Wildman–Crippen MR) is 67.1 cm³/mol. The van der Waals surface area contributed by atoms with Crippen LogP contribution in [0.1, 0.15) is 35.8 Å². The van der Waals surface area contributed by atoms with Gasteiger partial charge < -0.3 is 15.0 Å². The van der Waals surface area contributed by atoms with Gasteiger partial charge in [0, 0.05) is 6.04 Å². The number of aromatic nitrogens is 2. The van der Waals surface area contributed by atoms with Crippen LogP contribution >= 0.6 is 0 Å². The Bertz CT molecular complexity index is 535. The number of hydrogen-bond acceptors (Lipinski definition) is 5. The van der Waals surface area contributed by atoms with Gasteiger partial charge in [-0.25, -0.2) is 0 Å². The van der Waals surface area contributed by atoms with Crippen molar-refractivity contribution in [3.05, 3.63) is 41.0 Å². The van der Waals surface area contributed by atoms with Crippen molar-refractivity contribution in [1.29, 1.82) is 0 Å². The smallest absolute Gasteiger partial charge is 0.264 e. The van der Waals surface area contributed by atoms with Gasteiger partial charge >= 0.3 is 0 Å². The molecule has 1 aromatic heterocycles. The van der Waals surface area contributed by atoms with Crippen molar-refractivity contribution in [3.8, 4) is 5.75 Å². The Labute approximate surface area is 106 Å². The summed E-state index contributed by atoms with van der Waals surface area (Å²) in [6.45, 7) is 5.99. The lowest BCUT2D eigenvalue weighted by Gasteiger charge is -2.11. The molecule has 0 fully saturated rings. The highest BCUT2D eigenvalue weighted by Crippen LogP contribution is 2.22. The Morgan fingerprint density at radius 1 is 1.39 bits per heavy atom. The molecule has 2 rings (SSSR count). The number of hydrogen-bond donors (Lipinski definition) is 1. The number of aryl methyl sites for hydroxylation is 2. The summed E-state index contributed by atoms with van der Waals surface area (Å²) in [7, 11) is 0. The Balaban J connectivity index is 2.05. The Morgan fingerprint density at radius 2 is 2.17 bits per heavy atom. The monoisotopic (exact) mass is 247 g/mol. The van der Waals surface area contributed by atoms with Gasteiger partial charge in [0.15, 0.2) is 12.4 Å². The fourth-order valence-corrected chi connectivity index (χ4v) is 1.66. The van der Waals surface area contributed by atoms with Gasteiger partial charge in [-0.15, -0.1) is 0 Å². The fourth-order valence-electron chi connectivity index (χ4n) is 1.66. The highest BCUT2D eigenvalue weighted by Gasteiger charge is 2.07. The lowest BCUT2D eigenvalue weighted by molar-refractivity contribution is 0.241. The van der Waals surface area contributed by atoms with Crippen molar-refractivity contribution in [2.45, 2.75) is 33.4 Å². The van der Waals surface area contributed by atoms with Gasteiger partial charge in [0.1, 0.15) is 5.75 Å². The van der Waals surface area contributed by atoms with E-state index in [0.29, 0.717) is 11.7 Å². The zero-order chi connectivity index (χ0) is 13.1. The summed E-state index contributed by atoms with van der Waals surface area (Å²) < 4.78 is 10.6. The van der Waals surface area contributed by atoms with E-state index in [9.17, 15) is 0 Å². The van der Waals surface area contributed by atoms with Crippen LogP contribution in [0.15, 0.2) is 22.7 Å². The van der Waals surface area contributed by atoms with E-state index in [0.717, 1.165) is 16.9 Å². The van der Waals surface area contributed by atoms with Crippen LogP contribution < -0.4 is 10.5 Å². The van der Waals surface area contributed by atoms with Crippen LogP contribution in [0.4, 0.5) is 0 Å². The first-order chi connectivity index (χ1) is 8.56. The van der Waals surface area contributed by atoms with Crippen molar-refractivity contribution in [2.24, 2.45) is 5.73 Å². The third-order valence-corrected chi connectivity index (χ3v) is 2.65. The zero-order valence-corrected chi connectivity index (χ0v) is 10.8. The largest absolute Gasteiger partial charge is 0.483 e. The second-order valence-corrected chi connectivity index (χ2v) is 4.34. The van der Waals surface area contributed by atoms with Gasteiger partial charge in [-0.2, -0.15) is 4.98 Å². The molecule has 1 heterocycles. The van der Waals surface area contributed by atoms with E-state index in [1.165, 1.54) is 0 Å². The molecule has 18 heavy (non-hydrogen) atoms. The van der Waals surface area contributed by atoms with Crippen molar-refractivity contribution < 1.29 is 9.26 Å². The number of rotatable bonds is 4. The average Bonchev–Trinajstić information content (AvgIpc) is 2.73. The van der Waals surface area contributed by atoms with Crippen LogP contribution in [0.25, 0.3) is 0 Å². The van der Waals surface area contributed by atoms with Crippen molar-refractivity contribution in [2.75, 3.05) is 0 Å². The molecule has 0 spiro atoms. The zero-order valence-electron chi connectivity index (χ0n) is 10.8. The van der Waals surface area contributed by atoms with Crippen LogP contribution in [-0.2, 0) is 6.61 Å². The molecule has 1 atom stereocenters. The second-order valence-electron chi connectivity index (χ2n) is 4.34. The molecular weight excluding hydrogens is 230 g/mol. The molecule has 0 saturated carbocycles. The highest BCUT2D eigenvalue weighted by molar-refractivity contribution is 5.37. The summed E-state index contributed by atoms with van der Waals surface area (Å²) in [5, 5.41) is 3.71. The van der Waals surface area contributed by atoms with Gasteiger partial charge in [0.05, 0.1) is 0 Å². The summed E-state index contributed by atoms with van der Waals surface area (Å²) >= 11 is 0. The van der Waals surface area contributed by atoms with Gasteiger partial charge in [0.25, 0.3) is 5.89 Å². The van der Waals surface area contributed by atoms with Gasteiger partial charge in [-0.1, -0.05) is 17.3 Å². The first-order valence-electron chi connectivity index (χ1n) is 5.84. The predicted octanol–water partition coefficient (Wildman–Crippen LogP) is 2.29. The second kappa shape index (κ2) is 5.18. The highest BCUT2D eigenvalue weighted by atomic mass is 16.5. The average molecular weight is 247 g/mol. The molecule has 0 unspecified atom stereocenters. The van der Waals surface area contributed by atoms with E-state index in [2.05, 4.69) is 10.1 Å². The van der Waals surface area contributed by atoms with E-state index in [1.54, 1.807) is 6.92 Å². The Kier molecular flexibility index (Phi) is 3.62. The molecule has 0 aliphatic carbocycles. The summed E-state index contributed by atoms with van der Waals surface area (Å²) in [6.07, 6.45) is 0. The van der Waals surface area contributed by atoms with E-state index in [-0.39, 0.29) is 12.6 Å². The molecule has 0 aliphatic heterocycles. The van der Waals surface area contributed by atoms with Crippen LogP contribution in [0.5, 0.6) is 5.75 Å². The topological polar surface area (TPSA) is 74.2 Å². The van der Waals surface area contributed by atoms with Crippen LogP contribution in [0, 0.1) is 13.8 Å². The van der Waals surface area contributed by atoms with Crippen LogP contribution in [0.3, 0.4) is 0 Å². The minimum Gasteiger partial charge on any atom is -0.483 e. The molecule has 2 N–H and O–H groups in total. The van der Waals surface area contributed by atoms with Gasteiger partial charge in [-0.05, 0) is 38.0 Å². The lowest BCUT2D eigenvalue weighted by Crippen LogP contribution is -2.05. The standard InChI is InChI=1S/C13H17N3O2/c1-8-6-11(9(2)14)4-5-12(8)17-7-13-15-10(3)16-18-13/h4-6,9H,7,14H2,1-3H3/t9-/m1/s1.